The fourth-order valence-electron chi connectivity index (χ4n) is 2.50. The Morgan fingerprint density at radius 1 is 0.640 bits per heavy atom. The second-order valence-corrected chi connectivity index (χ2v) is 7.79. The second-order valence-electron chi connectivity index (χ2n) is 5.57. The summed E-state index contributed by atoms with van der Waals surface area (Å²) in [5, 5.41) is 4.19. The van der Waals surface area contributed by atoms with E-state index >= 15 is 0 Å². The summed E-state index contributed by atoms with van der Waals surface area (Å²) in [6, 6.07) is 32.3. The van der Waals surface area contributed by atoms with E-state index in [-0.39, 0.29) is 0 Å². The van der Waals surface area contributed by atoms with E-state index in [1.165, 1.54) is 15.9 Å². The van der Waals surface area contributed by atoms with E-state index in [1.54, 1.807) is 12.5 Å². The van der Waals surface area contributed by atoms with Gasteiger partial charge in [-0.15, -0.1) is 0 Å². The number of hydrogen-bond acceptors (Lipinski definition) is 1. The van der Waals surface area contributed by atoms with Crippen LogP contribution in [0.5, 0.6) is 0 Å². The van der Waals surface area contributed by atoms with Crippen LogP contribution in [0.25, 0.3) is 0 Å². The molecule has 2 nitrogen and oxygen atoms in total. The summed E-state index contributed by atoms with van der Waals surface area (Å²) in [4.78, 5) is 3.78. The normalized spacial score (nSPS) is 10.2. The van der Waals surface area contributed by atoms with Crippen LogP contribution in [-0.2, 0) is 7.05 Å². The van der Waals surface area contributed by atoms with Crippen molar-refractivity contribution < 1.29 is 0 Å². The largest absolute Gasteiger partial charge is 0.341 e. The average molecular weight is 344 g/mol. The van der Waals surface area contributed by atoms with Gasteiger partial charge in [-0.2, -0.15) is 0 Å². The molecule has 3 aromatic carbocycles. The minimum absolute atomic E-state index is 0.446. The number of benzene rings is 3. The smallest absolute Gasteiger partial charge is 0.0943 e. The summed E-state index contributed by atoms with van der Waals surface area (Å²) in [6.45, 7) is 0. The molecule has 0 spiro atoms. The molecular formula is C22H21N2P. The zero-order chi connectivity index (χ0) is 17.3. The topological polar surface area (TPSA) is 17.8 Å². The van der Waals surface area contributed by atoms with Crippen molar-refractivity contribution in [1.29, 1.82) is 0 Å². The second kappa shape index (κ2) is 8.96. The molecule has 1 aromatic heterocycles. The first-order valence-electron chi connectivity index (χ1n) is 8.22. The van der Waals surface area contributed by atoms with E-state index in [0.717, 1.165) is 0 Å². The van der Waals surface area contributed by atoms with Gasteiger partial charge in [0, 0.05) is 19.4 Å². The molecule has 0 N–H and O–H groups in total. The molecule has 0 saturated heterocycles. The molecule has 0 fully saturated rings. The molecular weight excluding hydrogens is 323 g/mol. The van der Waals surface area contributed by atoms with Gasteiger partial charge in [-0.1, -0.05) is 91.0 Å². The predicted octanol–water partition coefficient (Wildman–Crippen LogP) is 3.86. The van der Waals surface area contributed by atoms with Crippen molar-refractivity contribution in [1.82, 2.24) is 9.55 Å². The molecule has 4 rings (SSSR count). The van der Waals surface area contributed by atoms with E-state index in [0.29, 0.717) is 0 Å². The maximum absolute atomic E-state index is 3.78. The van der Waals surface area contributed by atoms with Gasteiger partial charge in [0.2, 0.25) is 0 Å². The third-order valence-electron chi connectivity index (χ3n) is 3.68. The first kappa shape index (κ1) is 17.1. The third-order valence-corrected chi connectivity index (χ3v) is 6.12. The Bertz CT molecular complexity index is 751. The highest BCUT2D eigenvalue weighted by Gasteiger charge is 2.14. The Balaban J connectivity index is 0.000000258. The Labute approximate surface area is 150 Å². The monoisotopic (exact) mass is 344 g/mol. The van der Waals surface area contributed by atoms with Crippen LogP contribution in [0.3, 0.4) is 0 Å². The fraction of sp³-hybridized carbons (Fsp3) is 0.0455. The number of rotatable bonds is 3. The van der Waals surface area contributed by atoms with E-state index < -0.39 is 7.92 Å². The lowest BCUT2D eigenvalue weighted by Crippen LogP contribution is -2.20. The van der Waals surface area contributed by atoms with Gasteiger partial charge in [-0.05, 0) is 23.8 Å². The molecule has 4 aromatic rings. The maximum Gasteiger partial charge on any atom is 0.0943 e. The average Bonchev–Trinajstić information content (AvgIpc) is 3.16. The van der Waals surface area contributed by atoms with E-state index in [9.17, 15) is 0 Å². The van der Waals surface area contributed by atoms with Gasteiger partial charge in [0.25, 0.3) is 0 Å². The fourth-order valence-corrected chi connectivity index (χ4v) is 4.81. The number of nitrogens with zero attached hydrogens (tertiary/aromatic N) is 2. The summed E-state index contributed by atoms with van der Waals surface area (Å²) in [6.07, 6.45) is 5.39. The van der Waals surface area contributed by atoms with Crippen LogP contribution in [0.2, 0.25) is 0 Å². The van der Waals surface area contributed by atoms with E-state index in [4.69, 9.17) is 0 Å². The molecule has 1 heterocycles. The minimum Gasteiger partial charge on any atom is -0.341 e. The molecule has 25 heavy (non-hydrogen) atoms. The lowest BCUT2D eigenvalue weighted by molar-refractivity contribution is 0.913. The van der Waals surface area contributed by atoms with Gasteiger partial charge in [-0.3, -0.25) is 0 Å². The number of hydrogen-bond donors (Lipinski definition) is 0. The van der Waals surface area contributed by atoms with Crippen LogP contribution >= 0.6 is 7.92 Å². The van der Waals surface area contributed by atoms with E-state index in [2.05, 4.69) is 96.0 Å². The predicted molar refractivity (Wildman–Crippen MR) is 108 cm³/mol. The molecule has 0 radical (unpaired) electrons. The zero-order valence-electron chi connectivity index (χ0n) is 14.2. The van der Waals surface area contributed by atoms with Gasteiger partial charge >= 0.3 is 0 Å². The standard InChI is InChI=1S/C18H15P.C4H6N2/c1-4-10-16(11-5-1)19(17-12-6-2-7-13-17)18-14-8-3-9-15-18;1-6-3-2-5-4-6/h1-15H;2-4H,1H3. The highest BCUT2D eigenvalue weighted by atomic mass is 31.1. The number of aromatic nitrogens is 2. The third kappa shape index (κ3) is 4.89. The van der Waals surface area contributed by atoms with Gasteiger partial charge in [0.05, 0.1) is 6.33 Å². The summed E-state index contributed by atoms with van der Waals surface area (Å²) in [5.74, 6) is 0. The summed E-state index contributed by atoms with van der Waals surface area (Å²) < 4.78 is 1.89. The van der Waals surface area contributed by atoms with Gasteiger partial charge in [-0.25, -0.2) is 4.98 Å². The molecule has 0 aliphatic rings. The van der Waals surface area contributed by atoms with Crippen molar-refractivity contribution >= 4 is 23.8 Å². The maximum atomic E-state index is 3.78. The van der Waals surface area contributed by atoms with E-state index in [1.807, 2.05) is 17.8 Å². The molecule has 0 aliphatic heterocycles. The van der Waals surface area contributed by atoms with Crippen LogP contribution in [-0.4, -0.2) is 9.55 Å². The molecule has 124 valence electrons. The lowest BCUT2D eigenvalue weighted by atomic mass is 10.4. The Hall–Kier alpha value is -2.70. The van der Waals surface area contributed by atoms with Crippen LogP contribution in [0.15, 0.2) is 110 Å². The summed E-state index contributed by atoms with van der Waals surface area (Å²) in [5.41, 5.74) is 0. The molecule has 0 atom stereocenters. The molecule has 0 unspecified atom stereocenters. The van der Waals surface area contributed by atoms with Crippen molar-refractivity contribution in [3.63, 3.8) is 0 Å². The molecule has 3 heteroatoms. The minimum atomic E-state index is -0.446. The van der Waals surface area contributed by atoms with Crippen LogP contribution in [0.4, 0.5) is 0 Å². The number of imidazole rings is 1. The van der Waals surface area contributed by atoms with Gasteiger partial charge in [0.1, 0.15) is 0 Å². The van der Waals surface area contributed by atoms with Gasteiger partial charge < -0.3 is 4.57 Å². The highest BCUT2D eigenvalue weighted by molar-refractivity contribution is 7.79. The lowest BCUT2D eigenvalue weighted by Gasteiger charge is -2.18. The van der Waals surface area contributed by atoms with Crippen molar-refractivity contribution in [2.75, 3.05) is 0 Å². The molecule has 0 saturated carbocycles. The zero-order valence-corrected chi connectivity index (χ0v) is 15.1. The van der Waals surface area contributed by atoms with Crippen molar-refractivity contribution in [2.24, 2.45) is 7.05 Å². The summed E-state index contributed by atoms with van der Waals surface area (Å²) >= 11 is 0. The van der Waals surface area contributed by atoms with Crippen molar-refractivity contribution in [2.45, 2.75) is 0 Å². The first-order valence-corrected chi connectivity index (χ1v) is 9.56. The van der Waals surface area contributed by atoms with Crippen LogP contribution < -0.4 is 15.9 Å². The van der Waals surface area contributed by atoms with Crippen molar-refractivity contribution in [3.8, 4) is 0 Å². The highest BCUT2D eigenvalue weighted by Crippen LogP contribution is 2.32. The Morgan fingerprint density at radius 2 is 1.04 bits per heavy atom. The molecule has 0 amide bonds. The number of aryl methyl sites for hydroxylation is 1. The Morgan fingerprint density at radius 3 is 1.28 bits per heavy atom. The SMILES string of the molecule is Cn1ccnc1.c1ccc(P(c2ccccc2)c2ccccc2)cc1. The molecule has 0 bridgehead atoms. The Kier molecular flexibility index (Phi) is 6.14. The van der Waals surface area contributed by atoms with Gasteiger partial charge in [0.15, 0.2) is 0 Å². The van der Waals surface area contributed by atoms with Crippen molar-refractivity contribution in [3.05, 3.63) is 110 Å². The quantitative estimate of drug-likeness (QED) is 0.516. The van der Waals surface area contributed by atoms with Crippen LogP contribution in [0.1, 0.15) is 0 Å². The summed E-state index contributed by atoms with van der Waals surface area (Å²) in [7, 11) is 1.49. The first-order chi connectivity index (χ1) is 12.3. The molecule has 0 aliphatic carbocycles. The van der Waals surface area contributed by atoms with Crippen LogP contribution in [0, 0.1) is 0 Å².